The van der Waals surface area contributed by atoms with E-state index in [2.05, 4.69) is 26.8 Å². The lowest BCUT2D eigenvalue weighted by Gasteiger charge is -2.72. The molecule has 0 amide bonds. The van der Waals surface area contributed by atoms with Gasteiger partial charge >= 0.3 is 0 Å². The van der Waals surface area contributed by atoms with Crippen LogP contribution in [-0.4, -0.2) is 150 Å². The number of aliphatic hydroxyl groups excluding tert-OH is 9. The Balaban J connectivity index is 1.38. The molecule has 14 nitrogen and oxygen atoms in total. The van der Waals surface area contributed by atoms with E-state index in [1.165, 1.54) is 5.57 Å². The standard InChI is InChI=1S/C42H72O14/c1-20(2)10-9-13-42(8,52)21-11-15-40(6)28(21)22(45)16-26-39(5)14-12-27(46)38(3,4)35(39)23(17-41(26,40)7)53-37-34(32(50)30(48)25(19-44)55-37)56-36-33(51)31(49)29(47)24(18-43)54-36/h10,21-37,43-52H,9,11-19H2,1-8H3/t21-,22+,23-,24+,25+,26+,27-,28-,29+,30+,31-,32-,33+,34+,35-,36-,37+,39+,40+,41+,42-/m0/s1. The summed E-state index contributed by atoms with van der Waals surface area (Å²) in [4.78, 5) is 0. The van der Waals surface area contributed by atoms with Crippen LogP contribution in [0.15, 0.2) is 11.6 Å². The number of ether oxygens (including phenoxy) is 4. The van der Waals surface area contributed by atoms with E-state index in [1.54, 1.807) is 0 Å². The largest absolute Gasteiger partial charge is 0.394 e. The minimum atomic E-state index is -1.81. The first-order valence-corrected chi connectivity index (χ1v) is 21.0. The van der Waals surface area contributed by atoms with Crippen LogP contribution in [0.4, 0.5) is 0 Å². The summed E-state index contributed by atoms with van der Waals surface area (Å²) in [5, 5.41) is 110. The van der Waals surface area contributed by atoms with Gasteiger partial charge in [-0.1, -0.05) is 46.3 Å². The van der Waals surface area contributed by atoms with E-state index in [4.69, 9.17) is 18.9 Å². The fourth-order valence-corrected chi connectivity index (χ4v) is 13.4. The highest BCUT2D eigenvalue weighted by Gasteiger charge is 2.73. The number of rotatable bonds is 10. The molecule has 56 heavy (non-hydrogen) atoms. The van der Waals surface area contributed by atoms with Crippen molar-refractivity contribution in [3.63, 3.8) is 0 Å². The van der Waals surface area contributed by atoms with Crippen LogP contribution >= 0.6 is 0 Å². The van der Waals surface area contributed by atoms with Gasteiger partial charge < -0.3 is 70.0 Å². The summed E-state index contributed by atoms with van der Waals surface area (Å²) < 4.78 is 24.9. The van der Waals surface area contributed by atoms with Crippen molar-refractivity contribution in [1.82, 2.24) is 0 Å². The van der Waals surface area contributed by atoms with Crippen molar-refractivity contribution in [3.8, 4) is 0 Å². The number of hydrogen-bond donors (Lipinski definition) is 10. The van der Waals surface area contributed by atoms with Crippen molar-refractivity contribution in [2.45, 2.75) is 192 Å². The molecular weight excluding hydrogens is 728 g/mol. The third-order valence-corrected chi connectivity index (χ3v) is 16.5. The van der Waals surface area contributed by atoms with Gasteiger partial charge in [-0.2, -0.15) is 0 Å². The van der Waals surface area contributed by atoms with Gasteiger partial charge in [0.1, 0.15) is 48.8 Å². The normalized spacial score (nSPS) is 52.6. The van der Waals surface area contributed by atoms with Crippen LogP contribution < -0.4 is 0 Å². The molecule has 2 aliphatic heterocycles. The lowest BCUT2D eigenvalue weighted by Crippen LogP contribution is -2.71. The van der Waals surface area contributed by atoms with E-state index in [0.29, 0.717) is 32.1 Å². The van der Waals surface area contributed by atoms with Gasteiger partial charge in [0, 0.05) is 0 Å². The molecule has 0 radical (unpaired) electrons. The average molecular weight is 801 g/mol. The fourth-order valence-electron chi connectivity index (χ4n) is 13.4. The van der Waals surface area contributed by atoms with Gasteiger partial charge in [-0.05, 0) is 117 Å². The molecule has 0 bridgehead atoms. The zero-order valence-electron chi connectivity index (χ0n) is 34.6. The highest BCUT2D eigenvalue weighted by molar-refractivity contribution is 5.22. The monoisotopic (exact) mass is 800 g/mol. The predicted octanol–water partition coefficient (Wildman–Crippen LogP) is 1.12. The third-order valence-electron chi connectivity index (χ3n) is 16.5. The molecule has 10 N–H and O–H groups in total. The summed E-state index contributed by atoms with van der Waals surface area (Å²) in [7, 11) is 0. The molecule has 0 unspecified atom stereocenters. The maximum absolute atomic E-state index is 12.3. The summed E-state index contributed by atoms with van der Waals surface area (Å²) in [6, 6.07) is 0. The van der Waals surface area contributed by atoms with Crippen LogP contribution in [-0.2, 0) is 18.9 Å². The Morgan fingerprint density at radius 2 is 1.38 bits per heavy atom. The first-order chi connectivity index (χ1) is 26.0. The molecule has 6 fully saturated rings. The smallest absolute Gasteiger partial charge is 0.187 e. The summed E-state index contributed by atoms with van der Waals surface area (Å²) in [6.07, 6.45) is -10.6. The zero-order chi connectivity index (χ0) is 41.5. The van der Waals surface area contributed by atoms with Crippen molar-refractivity contribution >= 4 is 0 Å². The Morgan fingerprint density at radius 3 is 1.98 bits per heavy atom. The van der Waals surface area contributed by atoms with Crippen LogP contribution in [0.1, 0.15) is 107 Å². The van der Waals surface area contributed by atoms with E-state index in [-0.39, 0.29) is 23.7 Å². The quantitative estimate of drug-likeness (QED) is 0.110. The number of fused-ring (bicyclic) bond motifs is 5. The molecule has 2 heterocycles. The van der Waals surface area contributed by atoms with Gasteiger partial charge in [-0.15, -0.1) is 0 Å². The van der Waals surface area contributed by atoms with Gasteiger partial charge in [-0.3, -0.25) is 0 Å². The summed E-state index contributed by atoms with van der Waals surface area (Å²) in [5.41, 5.74) is -1.85. The molecular formula is C42H72O14. The molecule has 6 rings (SSSR count). The lowest BCUT2D eigenvalue weighted by atomic mass is 9.34. The first kappa shape index (κ1) is 44.7. The molecule has 4 saturated carbocycles. The Bertz CT molecular complexity index is 1400. The second kappa shape index (κ2) is 15.9. The number of hydrogen-bond acceptors (Lipinski definition) is 14. The van der Waals surface area contributed by atoms with Gasteiger partial charge in [0.15, 0.2) is 12.6 Å². The first-order valence-electron chi connectivity index (χ1n) is 21.0. The Labute approximate surface area is 331 Å². The summed E-state index contributed by atoms with van der Waals surface area (Å²) >= 11 is 0. The Morgan fingerprint density at radius 1 is 0.768 bits per heavy atom. The average Bonchev–Trinajstić information content (AvgIpc) is 3.51. The molecule has 4 aliphatic carbocycles. The highest BCUT2D eigenvalue weighted by Crippen LogP contribution is 2.76. The molecule has 0 aromatic rings. The van der Waals surface area contributed by atoms with E-state index in [1.807, 2.05) is 34.6 Å². The second-order valence-corrected chi connectivity index (χ2v) is 20.3. The van der Waals surface area contributed by atoms with E-state index < -0.39 is 120 Å². The van der Waals surface area contributed by atoms with Gasteiger partial charge in [0.2, 0.25) is 0 Å². The van der Waals surface area contributed by atoms with Crippen molar-refractivity contribution in [2.75, 3.05) is 13.2 Å². The minimum absolute atomic E-state index is 0.0169. The minimum Gasteiger partial charge on any atom is -0.394 e. The van der Waals surface area contributed by atoms with Crippen molar-refractivity contribution < 1.29 is 70.0 Å². The van der Waals surface area contributed by atoms with Crippen molar-refractivity contribution in [2.24, 2.45) is 45.3 Å². The summed E-state index contributed by atoms with van der Waals surface area (Å²) in [6.45, 7) is 15.5. The second-order valence-electron chi connectivity index (χ2n) is 20.3. The molecule has 2 saturated heterocycles. The van der Waals surface area contributed by atoms with Gasteiger partial charge in [0.25, 0.3) is 0 Å². The van der Waals surface area contributed by atoms with Gasteiger partial charge in [0.05, 0.1) is 37.1 Å². The third kappa shape index (κ3) is 7.16. The molecule has 0 aromatic carbocycles. The van der Waals surface area contributed by atoms with Gasteiger partial charge in [-0.25, -0.2) is 0 Å². The molecule has 6 aliphatic rings. The van der Waals surface area contributed by atoms with Crippen LogP contribution in [0.5, 0.6) is 0 Å². The van der Waals surface area contributed by atoms with Crippen LogP contribution in [0.2, 0.25) is 0 Å². The van der Waals surface area contributed by atoms with Crippen LogP contribution in [0.25, 0.3) is 0 Å². The van der Waals surface area contributed by atoms with E-state index in [0.717, 1.165) is 19.3 Å². The fraction of sp³-hybridized carbons (Fsp3) is 0.952. The Hall–Kier alpha value is -0.820. The van der Waals surface area contributed by atoms with Crippen molar-refractivity contribution in [3.05, 3.63) is 11.6 Å². The molecule has 0 aromatic heterocycles. The predicted molar refractivity (Wildman–Crippen MR) is 202 cm³/mol. The maximum atomic E-state index is 12.3. The zero-order valence-corrected chi connectivity index (χ0v) is 34.6. The number of allylic oxidation sites excluding steroid dienone is 2. The van der Waals surface area contributed by atoms with Crippen molar-refractivity contribution in [1.29, 1.82) is 0 Å². The lowest BCUT2D eigenvalue weighted by molar-refractivity contribution is -0.383. The van der Waals surface area contributed by atoms with E-state index in [9.17, 15) is 51.1 Å². The maximum Gasteiger partial charge on any atom is 0.187 e. The summed E-state index contributed by atoms with van der Waals surface area (Å²) in [5.74, 6) is -0.623. The Kier molecular flexibility index (Phi) is 12.7. The highest BCUT2D eigenvalue weighted by atomic mass is 16.8. The molecule has 324 valence electrons. The molecule has 0 spiro atoms. The SMILES string of the molecule is CC(C)=CCC[C@](C)(O)[C@H]1CC[C@]2(C)[C@@H]1[C@H](O)C[C@@H]1[C@@]3(C)CC[C@H](O)C(C)(C)[C@@H]3[C@@H](O[C@@H]3O[C@H](CO)[C@@H](O)[C@H](O)[C@H]3O[C@@H]3O[C@H](CO)[C@@H](O)[C@H](O)[C@H]3O)C[C@]12C. The molecule has 14 heteroatoms. The van der Waals surface area contributed by atoms with Crippen LogP contribution in [0.3, 0.4) is 0 Å². The van der Waals surface area contributed by atoms with Crippen LogP contribution in [0, 0.1) is 45.3 Å². The van der Waals surface area contributed by atoms with E-state index >= 15 is 0 Å². The number of aliphatic hydroxyl groups is 10. The molecule has 21 atom stereocenters. The topological polar surface area (TPSA) is 239 Å².